The number of aryl methyl sites for hydroxylation is 1. The van der Waals surface area contributed by atoms with Gasteiger partial charge in [-0.1, -0.05) is 0 Å². The van der Waals surface area contributed by atoms with Crippen molar-refractivity contribution in [3.05, 3.63) is 40.3 Å². The molecule has 0 amide bonds. The van der Waals surface area contributed by atoms with Crippen LogP contribution in [0.4, 0.5) is 0 Å². The van der Waals surface area contributed by atoms with Crippen molar-refractivity contribution in [3.63, 3.8) is 0 Å². The number of nitrogens with zero attached hydrogens (tertiary/aromatic N) is 1. The zero-order valence-electron chi connectivity index (χ0n) is 8.03. The van der Waals surface area contributed by atoms with Crippen LogP contribution in [-0.4, -0.2) is 4.98 Å². The van der Waals surface area contributed by atoms with Gasteiger partial charge in [0.15, 0.2) is 0 Å². The summed E-state index contributed by atoms with van der Waals surface area (Å²) in [6, 6.07) is 4.23. The van der Waals surface area contributed by atoms with Crippen molar-refractivity contribution in [2.45, 2.75) is 13.5 Å². The summed E-state index contributed by atoms with van der Waals surface area (Å²) in [5.74, 6) is 0. The van der Waals surface area contributed by atoms with Gasteiger partial charge in [0.2, 0.25) is 0 Å². The second-order valence-electron chi connectivity index (χ2n) is 3.21. The summed E-state index contributed by atoms with van der Waals surface area (Å²) in [4.78, 5) is 5.40. The molecule has 2 aromatic rings. The average Bonchev–Trinajstić information content (AvgIpc) is 2.65. The van der Waals surface area contributed by atoms with Crippen molar-refractivity contribution in [2.75, 3.05) is 0 Å². The van der Waals surface area contributed by atoms with Crippen LogP contribution in [0.25, 0.3) is 11.1 Å². The molecule has 0 fully saturated rings. The zero-order valence-corrected chi connectivity index (χ0v) is 8.84. The molecule has 0 unspecified atom stereocenters. The normalized spacial score (nSPS) is 10.4. The summed E-state index contributed by atoms with van der Waals surface area (Å²) >= 11 is 1.70. The Morgan fingerprint density at radius 3 is 3.00 bits per heavy atom. The molecule has 0 saturated carbocycles. The minimum Gasteiger partial charge on any atom is -0.326 e. The van der Waals surface area contributed by atoms with Crippen LogP contribution in [0.3, 0.4) is 0 Å². The number of aromatic nitrogens is 1. The van der Waals surface area contributed by atoms with E-state index in [9.17, 15) is 0 Å². The maximum Gasteiger partial charge on any atom is 0.0346 e. The van der Waals surface area contributed by atoms with Crippen molar-refractivity contribution in [3.8, 4) is 11.1 Å². The number of hydrogen-bond donors (Lipinski definition) is 1. The van der Waals surface area contributed by atoms with E-state index in [1.807, 2.05) is 19.3 Å². The molecule has 3 heteroatoms. The zero-order chi connectivity index (χ0) is 9.97. The van der Waals surface area contributed by atoms with E-state index in [1.165, 1.54) is 16.0 Å². The maximum atomic E-state index is 5.66. The second kappa shape index (κ2) is 3.90. The first-order valence-electron chi connectivity index (χ1n) is 4.49. The van der Waals surface area contributed by atoms with Crippen LogP contribution in [0.2, 0.25) is 0 Å². The Labute approximate surface area is 87.4 Å². The topological polar surface area (TPSA) is 38.9 Å². The number of thiophene rings is 1. The number of nitrogens with two attached hydrogens (primary N) is 1. The molecule has 0 bridgehead atoms. The third kappa shape index (κ3) is 1.69. The standard InChI is InChI=1S/C11H12N2S/c1-8-4-9(7-13-6-8)10-2-3-14-11(10)5-12/h2-4,6-7H,5,12H2,1H3. The summed E-state index contributed by atoms with van der Waals surface area (Å²) < 4.78 is 0. The van der Waals surface area contributed by atoms with Gasteiger partial charge >= 0.3 is 0 Å². The number of hydrogen-bond acceptors (Lipinski definition) is 3. The molecule has 0 aliphatic heterocycles. The second-order valence-corrected chi connectivity index (χ2v) is 4.21. The highest BCUT2D eigenvalue weighted by molar-refractivity contribution is 7.10. The Morgan fingerprint density at radius 2 is 2.29 bits per heavy atom. The van der Waals surface area contributed by atoms with Crippen molar-refractivity contribution in [1.82, 2.24) is 4.98 Å². The first kappa shape index (κ1) is 9.37. The van der Waals surface area contributed by atoms with E-state index < -0.39 is 0 Å². The van der Waals surface area contributed by atoms with Crippen LogP contribution >= 0.6 is 11.3 Å². The van der Waals surface area contributed by atoms with E-state index >= 15 is 0 Å². The lowest BCUT2D eigenvalue weighted by atomic mass is 10.1. The van der Waals surface area contributed by atoms with Gasteiger partial charge in [-0.05, 0) is 35.6 Å². The Balaban J connectivity index is 2.49. The third-order valence-corrected chi connectivity index (χ3v) is 3.06. The largest absolute Gasteiger partial charge is 0.326 e. The third-order valence-electron chi connectivity index (χ3n) is 2.12. The van der Waals surface area contributed by atoms with E-state index in [2.05, 4.69) is 22.5 Å². The van der Waals surface area contributed by atoms with Gasteiger partial charge < -0.3 is 5.73 Å². The van der Waals surface area contributed by atoms with Crippen LogP contribution in [-0.2, 0) is 6.54 Å². The predicted molar refractivity (Wildman–Crippen MR) is 60.2 cm³/mol. The first-order valence-corrected chi connectivity index (χ1v) is 5.37. The highest BCUT2D eigenvalue weighted by atomic mass is 32.1. The van der Waals surface area contributed by atoms with E-state index in [0.29, 0.717) is 6.54 Å². The fourth-order valence-corrected chi connectivity index (χ4v) is 2.24. The summed E-state index contributed by atoms with van der Waals surface area (Å²) in [6.45, 7) is 2.64. The molecule has 0 aliphatic carbocycles. The smallest absolute Gasteiger partial charge is 0.0346 e. The Kier molecular flexibility index (Phi) is 2.61. The summed E-state index contributed by atoms with van der Waals surface area (Å²) in [5.41, 5.74) is 9.21. The monoisotopic (exact) mass is 204 g/mol. The SMILES string of the molecule is Cc1cncc(-c2ccsc2CN)c1. The lowest BCUT2D eigenvalue weighted by Crippen LogP contribution is -1.95. The fourth-order valence-electron chi connectivity index (χ4n) is 1.46. The highest BCUT2D eigenvalue weighted by Gasteiger charge is 2.05. The first-order chi connectivity index (χ1) is 6.81. The predicted octanol–water partition coefficient (Wildman–Crippen LogP) is 2.58. The molecule has 2 heterocycles. The Hall–Kier alpha value is -1.19. The van der Waals surface area contributed by atoms with Gasteiger partial charge in [0.25, 0.3) is 0 Å². The van der Waals surface area contributed by atoms with Crippen molar-refractivity contribution < 1.29 is 0 Å². The Bertz CT molecular complexity index is 434. The fraction of sp³-hybridized carbons (Fsp3) is 0.182. The number of pyridine rings is 1. The summed E-state index contributed by atoms with van der Waals surface area (Å²) in [7, 11) is 0. The van der Waals surface area contributed by atoms with Gasteiger partial charge in [0.05, 0.1) is 0 Å². The molecule has 0 radical (unpaired) electrons. The van der Waals surface area contributed by atoms with Crippen molar-refractivity contribution in [2.24, 2.45) is 5.73 Å². The molecule has 0 aromatic carbocycles. The summed E-state index contributed by atoms with van der Waals surface area (Å²) in [6.07, 6.45) is 3.74. The molecule has 2 N–H and O–H groups in total. The molecular formula is C11H12N2S. The molecule has 0 saturated heterocycles. The van der Waals surface area contributed by atoms with Gasteiger partial charge in [-0.2, -0.15) is 0 Å². The van der Waals surface area contributed by atoms with Gasteiger partial charge in [0, 0.05) is 29.4 Å². The molecule has 14 heavy (non-hydrogen) atoms. The van der Waals surface area contributed by atoms with E-state index in [1.54, 1.807) is 11.3 Å². The summed E-state index contributed by atoms with van der Waals surface area (Å²) in [5, 5.41) is 2.07. The van der Waals surface area contributed by atoms with Gasteiger partial charge in [-0.3, -0.25) is 4.98 Å². The number of rotatable bonds is 2. The van der Waals surface area contributed by atoms with Crippen LogP contribution in [0.5, 0.6) is 0 Å². The molecular weight excluding hydrogens is 192 g/mol. The maximum absolute atomic E-state index is 5.66. The van der Waals surface area contributed by atoms with E-state index in [0.717, 1.165) is 5.56 Å². The lowest BCUT2D eigenvalue weighted by molar-refractivity contribution is 1.11. The molecule has 2 rings (SSSR count). The minimum absolute atomic E-state index is 0.598. The van der Waals surface area contributed by atoms with Gasteiger partial charge in [-0.25, -0.2) is 0 Å². The van der Waals surface area contributed by atoms with Crippen molar-refractivity contribution >= 4 is 11.3 Å². The van der Waals surface area contributed by atoms with Crippen LogP contribution in [0, 0.1) is 6.92 Å². The molecule has 0 aliphatic rings. The Morgan fingerprint density at radius 1 is 1.43 bits per heavy atom. The van der Waals surface area contributed by atoms with Gasteiger partial charge in [0.1, 0.15) is 0 Å². The van der Waals surface area contributed by atoms with E-state index in [4.69, 9.17) is 5.73 Å². The molecule has 72 valence electrons. The van der Waals surface area contributed by atoms with Crippen molar-refractivity contribution in [1.29, 1.82) is 0 Å². The van der Waals surface area contributed by atoms with Gasteiger partial charge in [-0.15, -0.1) is 11.3 Å². The minimum atomic E-state index is 0.598. The van der Waals surface area contributed by atoms with E-state index in [-0.39, 0.29) is 0 Å². The quantitative estimate of drug-likeness (QED) is 0.816. The van der Waals surface area contributed by atoms with Crippen LogP contribution in [0.15, 0.2) is 29.9 Å². The van der Waals surface area contributed by atoms with Crippen LogP contribution < -0.4 is 5.73 Å². The highest BCUT2D eigenvalue weighted by Crippen LogP contribution is 2.27. The molecule has 2 aromatic heterocycles. The molecule has 0 spiro atoms. The molecule has 2 nitrogen and oxygen atoms in total. The lowest BCUT2D eigenvalue weighted by Gasteiger charge is -2.01. The van der Waals surface area contributed by atoms with Crippen LogP contribution in [0.1, 0.15) is 10.4 Å². The molecule has 0 atom stereocenters. The average molecular weight is 204 g/mol.